The number of allylic oxidation sites excluding steroid dienone is 3. The molecule has 1 atom stereocenters. The summed E-state index contributed by atoms with van der Waals surface area (Å²) in [5.41, 5.74) is 3.56. The predicted octanol–water partition coefficient (Wildman–Crippen LogP) is 6.90. The number of benzene rings is 3. The zero-order chi connectivity index (χ0) is 32.6. The number of aromatic nitrogens is 1. The fourth-order valence-corrected chi connectivity index (χ4v) is 5.88. The molecular weight excluding hydrogens is 613 g/mol. The minimum atomic E-state index is -0.594. The minimum absolute atomic E-state index is 0.0611. The molecule has 1 aliphatic carbocycles. The number of amides is 4. The summed E-state index contributed by atoms with van der Waals surface area (Å²) in [7, 11) is 0. The lowest BCUT2D eigenvalue weighted by molar-refractivity contribution is -0.121. The van der Waals surface area contributed by atoms with E-state index in [2.05, 4.69) is 25.8 Å². The number of pyridine rings is 1. The highest BCUT2D eigenvalue weighted by molar-refractivity contribution is 8.00. The first kappa shape index (κ1) is 31.1. The number of carbonyl (C=O) groups is 4. The summed E-state index contributed by atoms with van der Waals surface area (Å²) in [5, 5.41) is 13.3. The Bertz CT molecular complexity index is 1920. The maximum atomic E-state index is 13.3. The number of anilines is 2. The molecule has 3 aromatic carbocycles. The average molecular weight is 641 g/mol. The molecule has 47 heavy (non-hydrogen) atoms. The molecular formula is C36H28N6O4S. The lowest BCUT2D eigenvalue weighted by atomic mass is 10.2. The number of nitrogens with zero attached hydrogens (tertiary/aromatic N) is 4. The normalized spacial score (nSPS) is 16.1. The molecule has 1 unspecified atom stereocenters. The number of rotatable bonds is 10. The maximum Gasteiger partial charge on any atom is 0.272 e. The fraction of sp³-hybridized carbons (Fsp3) is 0.0833. The van der Waals surface area contributed by atoms with Crippen molar-refractivity contribution in [2.24, 2.45) is 10.2 Å². The van der Waals surface area contributed by atoms with Crippen molar-refractivity contribution in [1.29, 1.82) is 0 Å². The average Bonchev–Trinajstić information content (AvgIpc) is 3.74. The summed E-state index contributed by atoms with van der Waals surface area (Å²) in [6.45, 7) is 0. The van der Waals surface area contributed by atoms with Gasteiger partial charge in [0.05, 0.1) is 22.3 Å². The van der Waals surface area contributed by atoms with Crippen LogP contribution in [0.2, 0.25) is 0 Å². The first-order valence-corrected chi connectivity index (χ1v) is 15.6. The quantitative estimate of drug-likeness (QED) is 0.110. The number of hydrogen-bond acceptors (Lipinski definition) is 8. The van der Waals surface area contributed by atoms with E-state index >= 15 is 0 Å². The topological polar surface area (TPSA) is 133 Å². The molecule has 232 valence electrons. The van der Waals surface area contributed by atoms with Crippen LogP contribution < -0.4 is 15.5 Å². The monoisotopic (exact) mass is 640 g/mol. The van der Waals surface area contributed by atoms with Gasteiger partial charge in [-0.05, 0) is 84.8 Å². The minimum Gasteiger partial charge on any atom is -0.321 e. The van der Waals surface area contributed by atoms with Crippen molar-refractivity contribution in [2.45, 2.75) is 23.0 Å². The third kappa shape index (κ3) is 7.84. The Labute approximate surface area is 275 Å². The molecule has 2 N–H and O–H groups in total. The molecule has 10 nitrogen and oxygen atoms in total. The highest BCUT2D eigenvalue weighted by Crippen LogP contribution is 2.35. The standard InChI is InChI=1S/C36H28N6O4S/c43-33-22-32(36(46)42(33)29-16-12-28(13-17-29)41-40-27-10-2-1-3-11-27)47-30-18-14-26(15-19-30)38-35(45)31(21-24-7-6-20-37-23-24)39-34(44)25-8-4-5-9-25/h1-8,10-21,23,32H,9,22H2,(H,38,45)(H,39,44). The van der Waals surface area contributed by atoms with Crippen LogP contribution in [0.1, 0.15) is 18.4 Å². The predicted molar refractivity (Wildman–Crippen MR) is 181 cm³/mol. The van der Waals surface area contributed by atoms with E-state index in [4.69, 9.17) is 0 Å². The van der Waals surface area contributed by atoms with Gasteiger partial charge in [0.25, 0.3) is 11.8 Å². The smallest absolute Gasteiger partial charge is 0.272 e. The largest absolute Gasteiger partial charge is 0.321 e. The van der Waals surface area contributed by atoms with E-state index in [0.29, 0.717) is 34.6 Å². The third-order valence-electron chi connectivity index (χ3n) is 7.19. The van der Waals surface area contributed by atoms with Gasteiger partial charge in [-0.25, -0.2) is 4.90 Å². The van der Waals surface area contributed by atoms with Crippen molar-refractivity contribution in [2.75, 3.05) is 10.2 Å². The summed E-state index contributed by atoms with van der Waals surface area (Å²) in [6, 6.07) is 26.6. The zero-order valence-electron chi connectivity index (χ0n) is 24.9. The number of thioether (sulfide) groups is 1. The molecule has 0 saturated carbocycles. The molecule has 0 radical (unpaired) electrons. The van der Waals surface area contributed by atoms with Crippen LogP contribution in [0.3, 0.4) is 0 Å². The van der Waals surface area contributed by atoms with Crippen LogP contribution in [0, 0.1) is 0 Å². The van der Waals surface area contributed by atoms with E-state index in [1.54, 1.807) is 91.3 Å². The summed E-state index contributed by atoms with van der Waals surface area (Å²) in [6.07, 6.45) is 10.7. The highest BCUT2D eigenvalue weighted by Gasteiger charge is 2.40. The molecule has 0 spiro atoms. The summed E-state index contributed by atoms with van der Waals surface area (Å²) in [4.78, 5) is 58.2. The molecule has 0 bridgehead atoms. The Morgan fingerprint density at radius 2 is 1.64 bits per heavy atom. The molecule has 1 saturated heterocycles. The molecule has 1 fully saturated rings. The SMILES string of the molecule is O=C(NC(=Cc1cccnc1)C(=O)Nc1ccc(SC2CC(=O)N(c3ccc(N=Nc4ccccc4)cc3)C2=O)cc1)C1=CC=CC1. The van der Waals surface area contributed by atoms with Crippen LogP contribution in [-0.4, -0.2) is 33.9 Å². The van der Waals surface area contributed by atoms with Crippen LogP contribution in [0.5, 0.6) is 0 Å². The number of carbonyl (C=O) groups excluding carboxylic acids is 4. The Balaban J connectivity index is 1.08. The van der Waals surface area contributed by atoms with Gasteiger partial charge in [0.1, 0.15) is 5.70 Å². The third-order valence-corrected chi connectivity index (χ3v) is 8.39. The van der Waals surface area contributed by atoms with E-state index in [-0.39, 0.29) is 29.8 Å². The van der Waals surface area contributed by atoms with Crippen LogP contribution in [-0.2, 0) is 19.2 Å². The van der Waals surface area contributed by atoms with E-state index < -0.39 is 11.2 Å². The second-order valence-corrected chi connectivity index (χ2v) is 11.8. The van der Waals surface area contributed by atoms with Crippen molar-refractivity contribution >= 4 is 64.2 Å². The second-order valence-electron chi connectivity index (χ2n) is 10.5. The molecule has 2 heterocycles. The molecule has 1 aromatic heterocycles. The van der Waals surface area contributed by atoms with Gasteiger partial charge in [0, 0.05) is 35.0 Å². The molecule has 6 rings (SSSR count). The summed E-state index contributed by atoms with van der Waals surface area (Å²) < 4.78 is 0. The first-order valence-electron chi connectivity index (χ1n) is 14.7. The first-order chi connectivity index (χ1) is 22.9. The number of hydrogen-bond donors (Lipinski definition) is 2. The van der Waals surface area contributed by atoms with Crippen molar-refractivity contribution in [3.05, 3.63) is 138 Å². The van der Waals surface area contributed by atoms with Crippen LogP contribution in [0.4, 0.5) is 22.7 Å². The van der Waals surface area contributed by atoms with E-state index in [9.17, 15) is 19.2 Å². The van der Waals surface area contributed by atoms with Gasteiger partial charge in [-0.15, -0.1) is 11.8 Å². The molecule has 1 aliphatic heterocycles. The van der Waals surface area contributed by atoms with Gasteiger partial charge in [0.2, 0.25) is 11.8 Å². The Morgan fingerprint density at radius 1 is 0.894 bits per heavy atom. The lowest BCUT2D eigenvalue weighted by Gasteiger charge is -2.15. The van der Waals surface area contributed by atoms with Gasteiger partial charge in [0.15, 0.2) is 0 Å². The maximum absolute atomic E-state index is 13.3. The van der Waals surface area contributed by atoms with Crippen molar-refractivity contribution in [1.82, 2.24) is 10.3 Å². The van der Waals surface area contributed by atoms with Gasteiger partial charge in [-0.3, -0.25) is 24.2 Å². The molecule has 4 amide bonds. The number of nitrogens with one attached hydrogen (secondary N) is 2. The molecule has 11 heteroatoms. The van der Waals surface area contributed by atoms with Crippen molar-refractivity contribution < 1.29 is 19.2 Å². The second kappa shape index (κ2) is 14.4. The molecule has 2 aliphatic rings. The zero-order valence-corrected chi connectivity index (χ0v) is 25.8. The van der Waals surface area contributed by atoms with Gasteiger partial charge in [-0.1, -0.05) is 42.5 Å². The van der Waals surface area contributed by atoms with E-state index in [1.807, 2.05) is 36.4 Å². The van der Waals surface area contributed by atoms with Crippen molar-refractivity contribution in [3.8, 4) is 0 Å². The molecule has 4 aromatic rings. The summed E-state index contributed by atoms with van der Waals surface area (Å²) in [5.74, 6) is -1.45. The number of imide groups is 1. The Hall–Kier alpha value is -5.94. The fourth-order valence-electron chi connectivity index (χ4n) is 4.83. The highest BCUT2D eigenvalue weighted by atomic mass is 32.2. The van der Waals surface area contributed by atoms with Crippen molar-refractivity contribution in [3.63, 3.8) is 0 Å². The van der Waals surface area contributed by atoms with Gasteiger partial charge < -0.3 is 10.6 Å². The summed E-state index contributed by atoms with van der Waals surface area (Å²) >= 11 is 1.28. The van der Waals surface area contributed by atoms with Crippen LogP contribution >= 0.6 is 11.8 Å². The lowest BCUT2D eigenvalue weighted by Crippen LogP contribution is -2.31. The van der Waals surface area contributed by atoms with E-state index in [0.717, 1.165) is 10.6 Å². The van der Waals surface area contributed by atoms with Crippen LogP contribution in [0.25, 0.3) is 6.08 Å². The van der Waals surface area contributed by atoms with Gasteiger partial charge >= 0.3 is 0 Å². The van der Waals surface area contributed by atoms with Gasteiger partial charge in [-0.2, -0.15) is 10.2 Å². The Morgan fingerprint density at radius 3 is 2.32 bits per heavy atom. The van der Waals surface area contributed by atoms with E-state index in [1.165, 1.54) is 16.7 Å². The van der Waals surface area contributed by atoms with Crippen LogP contribution in [0.15, 0.2) is 148 Å². The number of azo groups is 1. The Kier molecular flexibility index (Phi) is 9.54.